The lowest BCUT2D eigenvalue weighted by molar-refractivity contribution is -0.116. The van der Waals surface area contributed by atoms with E-state index >= 15 is 0 Å². The highest BCUT2D eigenvalue weighted by atomic mass is 19.1. The Kier molecular flexibility index (Phi) is 5.89. The zero-order valence-electron chi connectivity index (χ0n) is 15.7. The van der Waals surface area contributed by atoms with E-state index in [-0.39, 0.29) is 24.9 Å². The lowest BCUT2D eigenvalue weighted by Gasteiger charge is -2.10. The number of rotatable bonds is 7. The number of hydrogen-bond donors (Lipinski definition) is 2. The van der Waals surface area contributed by atoms with Crippen LogP contribution in [-0.4, -0.2) is 16.4 Å². The molecule has 1 aromatic heterocycles. The molecule has 0 fully saturated rings. The maximum Gasteiger partial charge on any atom is 0.268 e. The molecule has 0 aliphatic heterocycles. The molecule has 0 bridgehead atoms. The fourth-order valence-corrected chi connectivity index (χ4v) is 3.11. The van der Waals surface area contributed by atoms with Crippen LogP contribution in [0.4, 0.5) is 4.39 Å². The van der Waals surface area contributed by atoms with Gasteiger partial charge >= 0.3 is 0 Å². The topological polar surface area (TPSA) is 63.1 Å². The molecule has 28 heavy (non-hydrogen) atoms. The largest absolute Gasteiger partial charge is 0.348 e. The third kappa shape index (κ3) is 4.11. The number of aromatic nitrogens is 1. The molecule has 0 aliphatic rings. The highest BCUT2D eigenvalue weighted by molar-refractivity contribution is 5.98. The number of carbonyl (C=O) groups is 2. The minimum absolute atomic E-state index is 0.0786. The number of nitrogens with zero attached hydrogens (tertiary/aromatic N) is 1. The fraction of sp³-hybridized carbons (Fsp3) is 0.182. The predicted molar refractivity (Wildman–Crippen MR) is 107 cm³/mol. The number of benzene rings is 2. The van der Waals surface area contributed by atoms with E-state index < -0.39 is 5.82 Å². The third-order valence-corrected chi connectivity index (χ3v) is 4.57. The Morgan fingerprint density at radius 1 is 1.11 bits per heavy atom. The first kappa shape index (κ1) is 19.4. The Bertz CT molecular complexity index is 1040. The molecule has 1 heterocycles. The second kappa shape index (κ2) is 8.52. The van der Waals surface area contributed by atoms with Gasteiger partial charge in [-0.05, 0) is 36.8 Å². The van der Waals surface area contributed by atoms with Gasteiger partial charge in [-0.2, -0.15) is 0 Å². The van der Waals surface area contributed by atoms with E-state index in [1.807, 2.05) is 41.8 Å². The van der Waals surface area contributed by atoms with Crippen molar-refractivity contribution in [2.45, 2.75) is 26.6 Å². The van der Waals surface area contributed by atoms with Crippen LogP contribution in [0.2, 0.25) is 0 Å². The van der Waals surface area contributed by atoms with Crippen LogP contribution in [0.25, 0.3) is 10.9 Å². The van der Waals surface area contributed by atoms with E-state index in [4.69, 9.17) is 0 Å². The summed E-state index contributed by atoms with van der Waals surface area (Å²) < 4.78 is 16.3. The Balaban J connectivity index is 1.69. The van der Waals surface area contributed by atoms with E-state index in [1.165, 1.54) is 6.07 Å². The molecule has 6 heteroatoms. The number of halogens is 1. The summed E-state index contributed by atoms with van der Waals surface area (Å²) in [5.74, 6) is -0.996. The van der Waals surface area contributed by atoms with Gasteiger partial charge in [-0.1, -0.05) is 36.9 Å². The van der Waals surface area contributed by atoms with Crippen molar-refractivity contribution >= 4 is 22.7 Å². The van der Waals surface area contributed by atoms with Gasteiger partial charge in [-0.25, -0.2) is 4.39 Å². The van der Waals surface area contributed by atoms with Crippen molar-refractivity contribution in [3.8, 4) is 0 Å². The SMILES string of the molecule is C=CC(=O)NCc1ccc(CNC(=O)c2cc3ccccc3n2CC)c(F)c1. The number of hydrogen-bond acceptors (Lipinski definition) is 2. The molecule has 0 saturated carbocycles. The van der Waals surface area contributed by atoms with Crippen molar-refractivity contribution in [1.29, 1.82) is 0 Å². The van der Waals surface area contributed by atoms with Crippen molar-refractivity contribution < 1.29 is 14.0 Å². The van der Waals surface area contributed by atoms with E-state index in [1.54, 1.807) is 12.1 Å². The van der Waals surface area contributed by atoms with Crippen LogP contribution in [-0.2, 0) is 24.4 Å². The van der Waals surface area contributed by atoms with Crippen molar-refractivity contribution in [2.75, 3.05) is 0 Å². The first-order valence-electron chi connectivity index (χ1n) is 9.07. The van der Waals surface area contributed by atoms with Crippen LogP contribution in [0.1, 0.15) is 28.5 Å². The number of amides is 2. The summed E-state index contributed by atoms with van der Waals surface area (Å²) in [6, 6.07) is 14.3. The van der Waals surface area contributed by atoms with Gasteiger partial charge < -0.3 is 15.2 Å². The Hall–Kier alpha value is -3.41. The Morgan fingerprint density at radius 3 is 2.61 bits per heavy atom. The molecule has 0 saturated heterocycles. The zero-order valence-corrected chi connectivity index (χ0v) is 15.7. The molecular formula is C22H22FN3O2. The molecule has 144 valence electrons. The summed E-state index contributed by atoms with van der Waals surface area (Å²) in [5, 5.41) is 6.38. The fourth-order valence-electron chi connectivity index (χ4n) is 3.11. The summed E-state index contributed by atoms with van der Waals surface area (Å²) in [6.45, 7) is 6.30. The summed E-state index contributed by atoms with van der Waals surface area (Å²) in [6.07, 6.45) is 1.16. The van der Waals surface area contributed by atoms with E-state index in [0.717, 1.165) is 17.0 Å². The summed E-state index contributed by atoms with van der Waals surface area (Å²) in [4.78, 5) is 23.8. The van der Waals surface area contributed by atoms with Gasteiger partial charge in [0.25, 0.3) is 5.91 Å². The maximum atomic E-state index is 14.3. The van der Waals surface area contributed by atoms with E-state index in [0.29, 0.717) is 23.4 Å². The summed E-state index contributed by atoms with van der Waals surface area (Å²) >= 11 is 0. The standard InChI is InChI=1S/C22H22FN3O2/c1-3-21(27)24-13-15-9-10-17(18(23)11-15)14-25-22(28)20-12-16-7-5-6-8-19(16)26(20)4-2/h3,5-12H,1,4,13-14H2,2H3,(H,24,27)(H,25,28). The van der Waals surface area contributed by atoms with Crippen LogP contribution in [0.3, 0.4) is 0 Å². The lowest BCUT2D eigenvalue weighted by atomic mass is 10.1. The van der Waals surface area contributed by atoms with E-state index in [2.05, 4.69) is 17.2 Å². The molecule has 5 nitrogen and oxygen atoms in total. The molecular weight excluding hydrogens is 357 g/mol. The summed E-state index contributed by atoms with van der Waals surface area (Å²) in [7, 11) is 0. The smallest absolute Gasteiger partial charge is 0.268 e. The second-order valence-electron chi connectivity index (χ2n) is 6.36. The lowest BCUT2D eigenvalue weighted by Crippen LogP contribution is -2.26. The third-order valence-electron chi connectivity index (χ3n) is 4.57. The van der Waals surface area contributed by atoms with Gasteiger partial charge in [0.1, 0.15) is 11.5 Å². The van der Waals surface area contributed by atoms with Crippen molar-refractivity contribution in [2.24, 2.45) is 0 Å². The molecule has 0 unspecified atom stereocenters. The molecule has 3 rings (SSSR count). The number of carbonyl (C=O) groups excluding carboxylic acids is 2. The molecule has 0 spiro atoms. The van der Waals surface area contributed by atoms with E-state index in [9.17, 15) is 14.0 Å². The van der Waals surface area contributed by atoms with Gasteiger partial charge in [0.05, 0.1) is 0 Å². The van der Waals surface area contributed by atoms with Crippen molar-refractivity contribution in [3.05, 3.63) is 83.8 Å². The molecule has 3 aromatic rings. The van der Waals surface area contributed by atoms with Gasteiger partial charge in [-0.3, -0.25) is 9.59 Å². The number of fused-ring (bicyclic) bond motifs is 1. The molecule has 2 amide bonds. The molecule has 0 radical (unpaired) electrons. The average molecular weight is 379 g/mol. The maximum absolute atomic E-state index is 14.3. The number of para-hydroxylation sites is 1. The van der Waals surface area contributed by atoms with Gasteiger partial charge in [-0.15, -0.1) is 0 Å². The zero-order chi connectivity index (χ0) is 20.1. The normalized spacial score (nSPS) is 10.6. The molecule has 0 aliphatic carbocycles. The van der Waals surface area contributed by atoms with Crippen LogP contribution in [0.5, 0.6) is 0 Å². The highest BCUT2D eigenvalue weighted by Crippen LogP contribution is 2.20. The summed E-state index contributed by atoms with van der Waals surface area (Å²) in [5.41, 5.74) is 2.56. The monoisotopic (exact) mass is 379 g/mol. The minimum Gasteiger partial charge on any atom is -0.348 e. The van der Waals surface area contributed by atoms with Crippen LogP contribution >= 0.6 is 0 Å². The van der Waals surface area contributed by atoms with Crippen LogP contribution in [0, 0.1) is 5.82 Å². The second-order valence-corrected chi connectivity index (χ2v) is 6.36. The van der Waals surface area contributed by atoms with Crippen LogP contribution < -0.4 is 10.6 Å². The van der Waals surface area contributed by atoms with Crippen LogP contribution in [0.15, 0.2) is 61.2 Å². The van der Waals surface area contributed by atoms with Gasteiger partial charge in [0.2, 0.25) is 5.91 Å². The first-order valence-corrected chi connectivity index (χ1v) is 9.07. The average Bonchev–Trinajstić information content (AvgIpc) is 3.09. The van der Waals surface area contributed by atoms with Crippen molar-refractivity contribution in [3.63, 3.8) is 0 Å². The van der Waals surface area contributed by atoms with Crippen molar-refractivity contribution in [1.82, 2.24) is 15.2 Å². The van der Waals surface area contributed by atoms with Gasteiger partial charge in [0, 0.05) is 36.1 Å². The molecule has 2 N–H and O–H groups in total. The highest BCUT2D eigenvalue weighted by Gasteiger charge is 2.15. The quantitative estimate of drug-likeness (QED) is 0.617. The Morgan fingerprint density at radius 2 is 1.89 bits per heavy atom. The Labute approximate surface area is 162 Å². The molecule has 2 aromatic carbocycles. The minimum atomic E-state index is -0.429. The molecule has 0 atom stereocenters. The first-order chi connectivity index (χ1) is 13.5. The number of aryl methyl sites for hydroxylation is 1. The number of nitrogens with one attached hydrogen (secondary N) is 2. The van der Waals surface area contributed by atoms with Gasteiger partial charge in [0.15, 0.2) is 0 Å². The predicted octanol–water partition coefficient (Wildman–Crippen LogP) is 3.53.